The molecule has 3 rings (SSSR count). The molecule has 0 bridgehead atoms. The first-order chi connectivity index (χ1) is 8.33. The van der Waals surface area contributed by atoms with Crippen LogP contribution in [0.1, 0.15) is 0 Å². The molecule has 0 aliphatic heterocycles. The highest BCUT2D eigenvalue weighted by molar-refractivity contribution is 5.83. The van der Waals surface area contributed by atoms with Gasteiger partial charge in [-0.1, -0.05) is 0 Å². The molecule has 0 aliphatic rings. The Morgan fingerprint density at radius 2 is 2.06 bits per heavy atom. The molecule has 0 spiro atoms. The van der Waals surface area contributed by atoms with Crippen molar-refractivity contribution in [3.8, 4) is 0 Å². The van der Waals surface area contributed by atoms with Crippen LogP contribution in [0.5, 0.6) is 0 Å². The van der Waals surface area contributed by atoms with Gasteiger partial charge in [0.05, 0.1) is 0 Å². The van der Waals surface area contributed by atoms with E-state index in [1.54, 1.807) is 6.20 Å². The zero-order chi connectivity index (χ0) is 11.7. The van der Waals surface area contributed by atoms with Crippen LogP contribution in [0.2, 0.25) is 0 Å². The lowest BCUT2D eigenvalue weighted by molar-refractivity contribution is 1.14. The van der Waals surface area contributed by atoms with Gasteiger partial charge < -0.3 is 15.3 Å². The van der Waals surface area contributed by atoms with E-state index in [2.05, 4.69) is 20.3 Å². The fraction of sp³-hybridized carbons (Fsp3) is 0. The highest BCUT2D eigenvalue weighted by atomic mass is 16.1. The molecular weight excluding hydrogens is 216 g/mol. The van der Waals surface area contributed by atoms with E-state index in [-0.39, 0.29) is 5.56 Å². The molecule has 0 unspecified atom stereocenters. The second-order valence-corrected chi connectivity index (χ2v) is 3.67. The first-order valence-corrected chi connectivity index (χ1v) is 5.21. The molecule has 0 fully saturated rings. The number of aromatic amines is 2. The molecule has 2 aromatic heterocycles. The fourth-order valence-electron chi connectivity index (χ4n) is 1.71. The molecule has 0 radical (unpaired) electrons. The van der Waals surface area contributed by atoms with E-state index >= 15 is 0 Å². The topological polar surface area (TPSA) is 73.6 Å². The van der Waals surface area contributed by atoms with Crippen LogP contribution >= 0.6 is 0 Å². The molecule has 2 heterocycles. The number of H-pyrrole nitrogens is 2. The number of aromatic nitrogens is 3. The smallest absolute Gasteiger partial charge is 0.291 e. The van der Waals surface area contributed by atoms with Gasteiger partial charge in [0.2, 0.25) is 0 Å². The van der Waals surface area contributed by atoms with Crippen LogP contribution in [0, 0.1) is 0 Å². The lowest BCUT2D eigenvalue weighted by Gasteiger charge is -2.03. The summed E-state index contributed by atoms with van der Waals surface area (Å²) in [6, 6.07) is 7.78. The summed E-state index contributed by atoms with van der Waals surface area (Å²) in [6.45, 7) is 0. The minimum Gasteiger partial charge on any atom is -0.361 e. The average Bonchev–Trinajstić information content (AvgIpc) is 2.79. The molecular formula is C12H10N4O. The van der Waals surface area contributed by atoms with Crippen LogP contribution in [-0.2, 0) is 0 Å². The molecule has 0 atom stereocenters. The van der Waals surface area contributed by atoms with Crippen molar-refractivity contribution in [3.05, 3.63) is 53.2 Å². The summed E-state index contributed by atoms with van der Waals surface area (Å²) in [5.41, 5.74) is 1.66. The van der Waals surface area contributed by atoms with Gasteiger partial charge in [0, 0.05) is 35.2 Å². The second kappa shape index (κ2) is 3.79. The Morgan fingerprint density at radius 1 is 1.12 bits per heavy atom. The maximum absolute atomic E-state index is 11.5. The monoisotopic (exact) mass is 226 g/mol. The van der Waals surface area contributed by atoms with Crippen LogP contribution in [0.4, 0.5) is 11.5 Å². The van der Waals surface area contributed by atoms with Crippen molar-refractivity contribution in [1.82, 2.24) is 15.0 Å². The van der Waals surface area contributed by atoms with Crippen molar-refractivity contribution in [2.75, 3.05) is 5.32 Å². The molecule has 84 valence electrons. The van der Waals surface area contributed by atoms with Crippen molar-refractivity contribution >= 4 is 22.4 Å². The molecule has 0 amide bonds. The summed E-state index contributed by atoms with van der Waals surface area (Å²) in [5.74, 6) is 0.294. The lowest BCUT2D eigenvalue weighted by Crippen LogP contribution is -2.12. The van der Waals surface area contributed by atoms with Gasteiger partial charge in [-0.25, -0.2) is 4.98 Å². The Morgan fingerprint density at radius 3 is 2.94 bits per heavy atom. The summed E-state index contributed by atoms with van der Waals surface area (Å²) in [4.78, 5) is 21.1. The molecule has 3 aromatic rings. The second-order valence-electron chi connectivity index (χ2n) is 3.67. The van der Waals surface area contributed by atoms with Crippen LogP contribution < -0.4 is 10.9 Å². The first-order valence-electron chi connectivity index (χ1n) is 5.21. The van der Waals surface area contributed by atoms with E-state index in [9.17, 15) is 4.79 Å². The molecule has 1 aromatic carbocycles. The van der Waals surface area contributed by atoms with E-state index in [0.29, 0.717) is 5.82 Å². The van der Waals surface area contributed by atoms with Crippen LogP contribution in [0.15, 0.2) is 47.7 Å². The Bertz CT molecular complexity index is 713. The molecule has 0 aliphatic carbocycles. The third-order valence-electron chi connectivity index (χ3n) is 2.52. The molecule has 17 heavy (non-hydrogen) atoms. The molecule has 0 saturated heterocycles. The summed E-state index contributed by atoms with van der Waals surface area (Å²) in [6.07, 6.45) is 4.92. The van der Waals surface area contributed by atoms with Gasteiger partial charge in [-0.3, -0.25) is 4.79 Å². The van der Waals surface area contributed by atoms with Crippen LogP contribution in [-0.4, -0.2) is 15.0 Å². The third kappa shape index (κ3) is 1.78. The number of hydrogen-bond donors (Lipinski definition) is 3. The summed E-state index contributed by atoms with van der Waals surface area (Å²) in [7, 11) is 0. The van der Waals surface area contributed by atoms with Gasteiger partial charge in [-0.05, 0) is 24.3 Å². The largest absolute Gasteiger partial charge is 0.361 e. The van der Waals surface area contributed by atoms with E-state index in [1.165, 1.54) is 6.20 Å². The van der Waals surface area contributed by atoms with Crippen molar-refractivity contribution in [2.24, 2.45) is 0 Å². The van der Waals surface area contributed by atoms with Crippen molar-refractivity contribution < 1.29 is 0 Å². The highest BCUT2D eigenvalue weighted by Gasteiger charge is 2.01. The maximum atomic E-state index is 11.5. The van der Waals surface area contributed by atoms with Gasteiger partial charge in [-0.2, -0.15) is 0 Å². The number of rotatable bonds is 2. The molecule has 3 N–H and O–H groups in total. The zero-order valence-corrected chi connectivity index (χ0v) is 8.90. The van der Waals surface area contributed by atoms with Crippen LogP contribution in [0.3, 0.4) is 0 Å². The van der Waals surface area contributed by atoms with Gasteiger partial charge in [-0.15, -0.1) is 0 Å². The standard InChI is InChI=1S/C12H10N4O/c17-12-11(14-5-6-15-12)16-9-1-2-10-8(7-9)3-4-13-10/h1-7,13H,(H,14,16)(H,15,17). The summed E-state index contributed by atoms with van der Waals surface area (Å²) in [5, 5.41) is 4.07. The maximum Gasteiger partial charge on any atom is 0.291 e. The Kier molecular flexibility index (Phi) is 2.15. The number of fused-ring (bicyclic) bond motifs is 1. The van der Waals surface area contributed by atoms with Crippen molar-refractivity contribution in [3.63, 3.8) is 0 Å². The predicted octanol–water partition coefficient (Wildman–Crippen LogP) is 1.99. The van der Waals surface area contributed by atoms with Gasteiger partial charge in [0.15, 0.2) is 5.82 Å². The Balaban J connectivity index is 2.00. The van der Waals surface area contributed by atoms with Crippen LogP contribution in [0.25, 0.3) is 10.9 Å². The molecule has 5 nitrogen and oxygen atoms in total. The first kappa shape index (κ1) is 9.65. The highest BCUT2D eigenvalue weighted by Crippen LogP contribution is 2.19. The van der Waals surface area contributed by atoms with E-state index in [1.807, 2.05) is 30.5 Å². The predicted molar refractivity (Wildman–Crippen MR) is 66.4 cm³/mol. The number of nitrogens with zero attached hydrogens (tertiary/aromatic N) is 1. The fourth-order valence-corrected chi connectivity index (χ4v) is 1.71. The summed E-state index contributed by atoms with van der Waals surface area (Å²) >= 11 is 0. The Labute approximate surface area is 96.5 Å². The zero-order valence-electron chi connectivity index (χ0n) is 8.90. The number of benzene rings is 1. The number of anilines is 2. The van der Waals surface area contributed by atoms with E-state index < -0.39 is 0 Å². The van der Waals surface area contributed by atoms with Crippen molar-refractivity contribution in [2.45, 2.75) is 0 Å². The van der Waals surface area contributed by atoms with Gasteiger partial charge in [0.1, 0.15) is 0 Å². The lowest BCUT2D eigenvalue weighted by atomic mass is 10.2. The average molecular weight is 226 g/mol. The number of hydrogen-bond acceptors (Lipinski definition) is 3. The van der Waals surface area contributed by atoms with E-state index in [4.69, 9.17) is 0 Å². The molecule has 5 heteroatoms. The van der Waals surface area contributed by atoms with Crippen molar-refractivity contribution in [1.29, 1.82) is 0 Å². The molecule has 0 saturated carbocycles. The minimum absolute atomic E-state index is 0.235. The summed E-state index contributed by atoms with van der Waals surface area (Å²) < 4.78 is 0. The Hall–Kier alpha value is -2.56. The SMILES string of the molecule is O=c1[nH]ccnc1Nc1ccc2[nH]ccc2c1. The van der Waals surface area contributed by atoms with Gasteiger partial charge >= 0.3 is 0 Å². The quantitative estimate of drug-likeness (QED) is 0.625. The third-order valence-corrected chi connectivity index (χ3v) is 2.52. The van der Waals surface area contributed by atoms with E-state index in [0.717, 1.165) is 16.6 Å². The number of nitrogens with one attached hydrogen (secondary N) is 3. The van der Waals surface area contributed by atoms with Gasteiger partial charge in [0.25, 0.3) is 5.56 Å². The normalized spacial score (nSPS) is 10.6. The minimum atomic E-state index is -0.235.